The Labute approximate surface area is 209 Å². The van der Waals surface area contributed by atoms with Gasteiger partial charge in [0.1, 0.15) is 23.9 Å². The number of thioether (sulfide) groups is 1. The molecule has 35 heavy (non-hydrogen) atoms. The Bertz CT molecular complexity index is 1180. The maximum atomic E-state index is 13.2. The first-order valence-corrected chi connectivity index (χ1v) is 12.4. The zero-order chi connectivity index (χ0) is 24.9. The van der Waals surface area contributed by atoms with Crippen LogP contribution in [-0.4, -0.2) is 52.2 Å². The Morgan fingerprint density at radius 1 is 1.14 bits per heavy atom. The van der Waals surface area contributed by atoms with Crippen LogP contribution in [-0.2, 0) is 11.4 Å². The Morgan fingerprint density at radius 3 is 2.63 bits per heavy atom. The molecule has 1 atom stereocenters. The molecule has 1 aliphatic rings. The van der Waals surface area contributed by atoms with Crippen LogP contribution in [0, 0.1) is 13.8 Å². The van der Waals surface area contributed by atoms with E-state index in [4.69, 9.17) is 20.1 Å². The lowest BCUT2D eigenvalue weighted by molar-refractivity contribution is -0.129. The number of methoxy groups -OCH3 is 2. The first-order chi connectivity index (χ1) is 16.9. The van der Waals surface area contributed by atoms with Crippen molar-refractivity contribution in [3.8, 4) is 17.2 Å². The molecule has 1 aliphatic heterocycles. The summed E-state index contributed by atoms with van der Waals surface area (Å²) in [6.45, 7) is 4.87. The second-order valence-electron chi connectivity index (χ2n) is 8.42. The summed E-state index contributed by atoms with van der Waals surface area (Å²) in [6, 6.07) is 11.6. The van der Waals surface area contributed by atoms with Gasteiger partial charge in [0.15, 0.2) is 5.82 Å². The number of para-hydroxylation sites is 1. The number of aryl methyl sites for hydroxylation is 2. The van der Waals surface area contributed by atoms with E-state index in [1.807, 2.05) is 55.1 Å². The van der Waals surface area contributed by atoms with Crippen molar-refractivity contribution < 1.29 is 19.0 Å². The fraction of sp³-hybridized carbons (Fsp3) is 0.400. The third-order valence-corrected chi connectivity index (χ3v) is 7.11. The number of likely N-dealkylation sites (tertiary alicyclic amines) is 1. The molecule has 1 amide bonds. The summed E-state index contributed by atoms with van der Waals surface area (Å²) in [5.41, 5.74) is 3.04. The number of ether oxygens (including phenoxy) is 3. The van der Waals surface area contributed by atoms with Crippen LogP contribution in [0.5, 0.6) is 17.2 Å². The molecule has 1 saturated heterocycles. The topological polar surface area (TPSA) is 105 Å². The predicted octanol–water partition coefficient (Wildman–Crippen LogP) is 3.66. The number of amides is 1. The minimum absolute atomic E-state index is 0.0127. The summed E-state index contributed by atoms with van der Waals surface area (Å²) in [5, 5.41) is 8.78. The summed E-state index contributed by atoms with van der Waals surface area (Å²) < 4.78 is 18.3. The number of nitrogens with zero attached hydrogens (tertiary/aromatic N) is 4. The van der Waals surface area contributed by atoms with Crippen LogP contribution in [0.4, 0.5) is 0 Å². The van der Waals surface area contributed by atoms with Crippen LogP contribution in [0.25, 0.3) is 0 Å². The molecule has 0 aliphatic carbocycles. The van der Waals surface area contributed by atoms with Gasteiger partial charge in [-0.2, -0.15) is 0 Å². The van der Waals surface area contributed by atoms with E-state index in [-0.39, 0.29) is 24.3 Å². The molecule has 186 valence electrons. The fourth-order valence-corrected chi connectivity index (χ4v) is 5.13. The van der Waals surface area contributed by atoms with Crippen LogP contribution in [0.15, 0.2) is 41.6 Å². The first-order valence-electron chi connectivity index (χ1n) is 11.5. The number of rotatable bonds is 9. The van der Waals surface area contributed by atoms with Crippen molar-refractivity contribution >= 4 is 17.7 Å². The van der Waals surface area contributed by atoms with Gasteiger partial charge in [-0.15, -0.1) is 10.2 Å². The van der Waals surface area contributed by atoms with Gasteiger partial charge >= 0.3 is 0 Å². The summed E-state index contributed by atoms with van der Waals surface area (Å²) in [5.74, 6) is 9.21. The molecule has 3 aromatic rings. The summed E-state index contributed by atoms with van der Waals surface area (Å²) >= 11 is 1.27. The zero-order valence-corrected chi connectivity index (χ0v) is 21.3. The van der Waals surface area contributed by atoms with E-state index in [1.165, 1.54) is 16.4 Å². The van der Waals surface area contributed by atoms with Crippen molar-refractivity contribution in [3.05, 3.63) is 58.9 Å². The lowest BCUT2D eigenvalue weighted by atomic mass is 10.0. The largest absolute Gasteiger partial charge is 0.497 e. The van der Waals surface area contributed by atoms with Crippen LogP contribution < -0.4 is 20.1 Å². The van der Waals surface area contributed by atoms with Gasteiger partial charge in [-0.3, -0.25) is 4.79 Å². The molecule has 2 heterocycles. The van der Waals surface area contributed by atoms with E-state index in [0.29, 0.717) is 17.5 Å². The molecule has 0 bridgehead atoms. The Morgan fingerprint density at radius 2 is 1.91 bits per heavy atom. The molecule has 1 fully saturated rings. The average Bonchev–Trinajstić information content (AvgIpc) is 3.49. The highest BCUT2D eigenvalue weighted by molar-refractivity contribution is 7.99. The highest BCUT2D eigenvalue weighted by Crippen LogP contribution is 2.39. The third kappa shape index (κ3) is 5.32. The van der Waals surface area contributed by atoms with Crippen molar-refractivity contribution in [1.29, 1.82) is 0 Å². The summed E-state index contributed by atoms with van der Waals surface area (Å²) in [7, 11) is 3.27. The van der Waals surface area contributed by atoms with Gasteiger partial charge in [-0.1, -0.05) is 30.0 Å². The van der Waals surface area contributed by atoms with Gasteiger partial charge in [0.25, 0.3) is 0 Å². The van der Waals surface area contributed by atoms with Crippen molar-refractivity contribution in [2.24, 2.45) is 0 Å². The van der Waals surface area contributed by atoms with E-state index < -0.39 is 0 Å². The first kappa shape index (κ1) is 24.7. The minimum Gasteiger partial charge on any atom is -0.497 e. The molecule has 10 heteroatoms. The van der Waals surface area contributed by atoms with E-state index in [2.05, 4.69) is 10.2 Å². The molecular formula is C25H31N5O4S. The lowest BCUT2D eigenvalue weighted by Crippen LogP contribution is -2.32. The third-order valence-electron chi connectivity index (χ3n) is 6.18. The molecule has 0 radical (unpaired) electrons. The standard InChI is InChI=1S/C25H31N5O4S/c1-16-7-5-8-17(2)24(16)34-14-22-27-28-25(30(22)26)35-15-23(31)29-12-6-9-20(29)19-13-18(32-3)10-11-21(19)33-4/h5,7-8,10-11,13,20H,6,9,12,14-15,26H2,1-4H3. The van der Waals surface area contributed by atoms with Gasteiger partial charge in [0.05, 0.1) is 26.0 Å². The maximum Gasteiger partial charge on any atom is 0.233 e. The molecule has 2 aromatic carbocycles. The second kappa shape index (κ2) is 10.9. The van der Waals surface area contributed by atoms with Crippen LogP contribution in [0.1, 0.15) is 41.4 Å². The molecule has 2 N–H and O–H groups in total. The lowest BCUT2D eigenvalue weighted by Gasteiger charge is -2.26. The van der Waals surface area contributed by atoms with Crippen LogP contribution in [0.3, 0.4) is 0 Å². The fourth-order valence-electron chi connectivity index (χ4n) is 4.37. The monoisotopic (exact) mass is 497 g/mol. The summed E-state index contributed by atoms with van der Waals surface area (Å²) in [6.07, 6.45) is 1.79. The van der Waals surface area contributed by atoms with Gasteiger partial charge < -0.3 is 25.0 Å². The number of benzene rings is 2. The van der Waals surface area contributed by atoms with Crippen molar-refractivity contribution in [2.45, 2.75) is 44.5 Å². The number of hydrogen-bond donors (Lipinski definition) is 1. The van der Waals surface area contributed by atoms with Gasteiger partial charge in [0.2, 0.25) is 11.1 Å². The number of nitrogen functional groups attached to an aromatic ring is 1. The Hall–Kier alpha value is -3.40. The molecule has 9 nitrogen and oxygen atoms in total. The molecule has 4 rings (SSSR count). The second-order valence-corrected chi connectivity index (χ2v) is 9.36. The smallest absolute Gasteiger partial charge is 0.233 e. The van der Waals surface area contributed by atoms with Crippen molar-refractivity contribution in [1.82, 2.24) is 19.8 Å². The van der Waals surface area contributed by atoms with E-state index in [1.54, 1.807) is 14.2 Å². The summed E-state index contributed by atoms with van der Waals surface area (Å²) in [4.78, 5) is 15.1. The van der Waals surface area contributed by atoms with Crippen molar-refractivity contribution in [2.75, 3.05) is 32.4 Å². The number of aromatic nitrogens is 3. The van der Waals surface area contributed by atoms with Gasteiger partial charge in [0, 0.05) is 12.1 Å². The van der Waals surface area contributed by atoms with Gasteiger partial charge in [-0.25, -0.2) is 4.68 Å². The number of nitrogens with two attached hydrogens (primary N) is 1. The Balaban J connectivity index is 1.40. The Kier molecular flexibility index (Phi) is 7.70. The number of hydrogen-bond acceptors (Lipinski definition) is 8. The number of carbonyl (C=O) groups is 1. The minimum atomic E-state index is -0.0646. The molecule has 0 spiro atoms. The van der Waals surface area contributed by atoms with E-state index in [9.17, 15) is 4.79 Å². The SMILES string of the molecule is COc1ccc(OC)c(C2CCCN2C(=O)CSc2nnc(COc3c(C)cccc3C)n2N)c1. The highest BCUT2D eigenvalue weighted by atomic mass is 32.2. The zero-order valence-electron chi connectivity index (χ0n) is 20.5. The molecular weight excluding hydrogens is 466 g/mol. The maximum absolute atomic E-state index is 13.2. The van der Waals surface area contributed by atoms with Crippen LogP contribution in [0.2, 0.25) is 0 Å². The van der Waals surface area contributed by atoms with Crippen LogP contribution >= 0.6 is 11.8 Å². The molecule has 1 aromatic heterocycles. The predicted molar refractivity (Wildman–Crippen MR) is 134 cm³/mol. The molecule has 0 saturated carbocycles. The van der Waals surface area contributed by atoms with Gasteiger partial charge in [-0.05, 0) is 56.0 Å². The highest BCUT2D eigenvalue weighted by Gasteiger charge is 2.32. The normalized spacial score (nSPS) is 15.3. The quantitative estimate of drug-likeness (QED) is 0.353. The van der Waals surface area contributed by atoms with E-state index >= 15 is 0 Å². The van der Waals surface area contributed by atoms with Crippen molar-refractivity contribution in [3.63, 3.8) is 0 Å². The van der Waals surface area contributed by atoms with E-state index in [0.717, 1.165) is 46.8 Å². The molecule has 1 unspecified atom stereocenters. The number of carbonyl (C=O) groups excluding carboxylic acids is 1. The average molecular weight is 498 g/mol.